The highest BCUT2D eigenvalue weighted by molar-refractivity contribution is 5.94. The Bertz CT molecular complexity index is 1020. The van der Waals surface area contributed by atoms with Crippen molar-refractivity contribution in [1.82, 2.24) is 20.5 Å². The maximum atomic E-state index is 13.5. The highest BCUT2D eigenvalue weighted by Gasteiger charge is 2.37. The van der Waals surface area contributed by atoms with E-state index in [9.17, 15) is 31.1 Å². The van der Waals surface area contributed by atoms with E-state index < -0.39 is 41.1 Å². The number of carbonyl (C=O) groups is 1. The number of nitrogens with one attached hydrogen (secondary N) is 1. The molecule has 0 saturated heterocycles. The van der Waals surface area contributed by atoms with Gasteiger partial charge < -0.3 is 5.32 Å². The van der Waals surface area contributed by atoms with E-state index in [1.807, 2.05) is 0 Å². The van der Waals surface area contributed by atoms with Gasteiger partial charge in [-0.3, -0.25) is 9.78 Å². The third-order valence-corrected chi connectivity index (χ3v) is 4.11. The lowest BCUT2D eigenvalue weighted by Gasteiger charge is -2.22. The monoisotopic (exact) mass is 426 g/mol. The number of alkyl halides is 6. The van der Waals surface area contributed by atoms with Crippen LogP contribution in [0.2, 0.25) is 0 Å². The van der Waals surface area contributed by atoms with E-state index in [0.29, 0.717) is 0 Å². The molecule has 0 fully saturated rings. The molecular weight excluding hydrogens is 414 g/mol. The summed E-state index contributed by atoms with van der Waals surface area (Å²) >= 11 is 0. The van der Waals surface area contributed by atoms with Crippen LogP contribution in [0, 0.1) is 0 Å². The molecular formula is C19H12F6N4O. The minimum absolute atomic E-state index is 0.00593. The molecule has 1 amide bonds. The van der Waals surface area contributed by atoms with Crippen LogP contribution >= 0.6 is 0 Å². The maximum absolute atomic E-state index is 13.5. The Labute approximate surface area is 165 Å². The fourth-order valence-corrected chi connectivity index (χ4v) is 2.70. The average Bonchev–Trinajstić information content (AvgIpc) is 2.71. The van der Waals surface area contributed by atoms with E-state index in [-0.39, 0.29) is 11.1 Å². The molecule has 3 aromatic rings. The number of hydrogen-bond donors (Lipinski definition) is 1. The van der Waals surface area contributed by atoms with Gasteiger partial charge in [-0.2, -0.15) is 36.5 Å². The lowest BCUT2D eigenvalue weighted by molar-refractivity contribution is -0.139. The lowest BCUT2D eigenvalue weighted by Crippen LogP contribution is -2.31. The van der Waals surface area contributed by atoms with Gasteiger partial charge in [0.1, 0.15) is 0 Å². The molecule has 30 heavy (non-hydrogen) atoms. The molecule has 1 N–H and O–H groups in total. The number of amides is 1. The van der Waals surface area contributed by atoms with Crippen LogP contribution in [0.15, 0.2) is 61.1 Å². The SMILES string of the molecule is O=C(NC(c1ccc(C(F)(F)F)cc1)c1ncccc1C(F)(F)F)c1ccnnc1. The first-order chi connectivity index (χ1) is 14.1. The Morgan fingerprint density at radius 2 is 1.57 bits per heavy atom. The zero-order chi connectivity index (χ0) is 21.9. The normalized spacial score (nSPS) is 13.0. The molecule has 11 heteroatoms. The summed E-state index contributed by atoms with van der Waals surface area (Å²) in [6.07, 6.45) is -6.01. The van der Waals surface area contributed by atoms with E-state index in [1.54, 1.807) is 0 Å². The van der Waals surface area contributed by atoms with Crippen molar-refractivity contribution >= 4 is 5.91 Å². The molecule has 0 spiro atoms. The molecule has 0 radical (unpaired) electrons. The molecule has 0 aliphatic heterocycles. The summed E-state index contributed by atoms with van der Waals surface area (Å²) < 4.78 is 79.0. The fraction of sp³-hybridized carbons (Fsp3) is 0.158. The van der Waals surface area contributed by atoms with Crippen LogP contribution in [0.1, 0.15) is 38.8 Å². The van der Waals surface area contributed by atoms with E-state index in [2.05, 4.69) is 20.5 Å². The molecule has 0 aliphatic rings. The van der Waals surface area contributed by atoms with Crippen molar-refractivity contribution in [2.45, 2.75) is 18.4 Å². The third kappa shape index (κ3) is 4.73. The number of aromatic nitrogens is 3. The number of rotatable bonds is 4. The van der Waals surface area contributed by atoms with Crippen LogP contribution in [0.4, 0.5) is 26.3 Å². The van der Waals surface area contributed by atoms with Gasteiger partial charge in [-0.15, -0.1) is 0 Å². The van der Waals surface area contributed by atoms with Crippen molar-refractivity contribution in [2.24, 2.45) is 0 Å². The molecule has 1 aromatic carbocycles. The first-order valence-electron chi connectivity index (χ1n) is 8.34. The minimum atomic E-state index is -4.79. The quantitative estimate of drug-likeness (QED) is 0.627. The second-order valence-corrected chi connectivity index (χ2v) is 6.09. The van der Waals surface area contributed by atoms with Gasteiger partial charge in [0, 0.05) is 6.20 Å². The van der Waals surface area contributed by atoms with Gasteiger partial charge in [-0.25, -0.2) is 0 Å². The number of halogens is 6. The van der Waals surface area contributed by atoms with Crippen LogP contribution in [-0.4, -0.2) is 21.1 Å². The molecule has 0 bridgehead atoms. The summed E-state index contributed by atoms with van der Waals surface area (Å²) in [6.45, 7) is 0. The summed E-state index contributed by atoms with van der Waals surface area (Å²) in [4.78, 5) is 16.3. The Hall–Kier alpha value is -3.50. The highest BCUT2D eigenvalue weighted by atomic mass is 19.4. The third-order valence-electron chi connectivity index (χ3n) is 4.11. The van der Waals surface area contributed by atoms with Crippen molar-refractivity contribution < 1.29 is 31.1 Å². The Morgan fingerprint density at radius 3 is 2.13 bits per heavy atom. The zero-order valence-electron chi connectivity index (χ0n) is 14.9. The zero-order valence-corrected chi connectivity index (χ0v) is 14.9. The standard InChI is InChI=1S/C19H12F6N4O/c20-18(21,22)13-5-3-11(4-6-13)15(29-17(30)12-7-9-27-28-10-12)16-14(19(23,24)25)2-1-8-26-16/h1-10,15H,(H,29,30). The minimum Gasteiger partial charge on any atom is -0.339 e. The molecule has 5 nitrogen and oxygen atoms in total. The number of carbonyl (C=O) groups excluding carboxylic acids is 1. The molecule has 2 heterocycles. The predicted octanol–water partition coefficient (Wildman–Crippen LogP) is 4.43. The number of hydrogen-bond acceptors (Lipinski definition) is 4. The predicted molar refractivity (Wildman–Crippen MR) is 92.0 cm³/mol. The lowest BCUT2D eigenvalue weighted by atomic mass is 9.97. The molecule has 3 rings (SSSR count). The second-order valence-electron chi connectivity index (χ2n) is 6.09. The van der Waals surface area contributed by atoms with E-state index in [1.165, 1.54) is 12.3 Å². The molecule has 0 aliphatic carbocycles. The first-order valence-corrected chi connectivity index (χ1v) is 8.34. The largest absolute Gasteiger partial charge is 0.418 e. The molecule has 2 aromatic heterocycles. The molecule has 1 atom stereocenters. The van der Waals surface area contributed by atoms with Gasteiger partial charge >= 0.3 is 12.4 Å². The Kier molecular flexibility index (Phi) is 5.72. The van der Waals surface area contributed by atoms with Crippen molar-refractivity contribution in [3.8, 4) is 0 Å². The Balaban J connectivity index is 2.07. The van der Waals surface area contributed by atoms with Crippen molar-refractivity contribution in [1.29, 1.82) is 0 Å². The van der Waals surface area contributed by atoms with Gasteiger partial charge in [-0.1, -0.05) is 12.1 Å². The summed E-state index contributed by atoms with van der Waals surface area (Å²) in [6, 6.07) is 5.10. The van der Waals surface area contributed by atoms with Gasteiger partial charge in [0.15, 0.2) is 0 Å². The van der Waals surface area contributed by atoms with Crippen LogP contribution in [-0.2, 0) is 12.4 Å². The van der Waals surface area contributed by atoms with Crippen LogP contribution in [0.3, 0.4) is 0 Å². The smallest absolute Gasteiger partial charge is 0.339 e. The maximum Gasteiger partial charge on any atom is 0.418 e. The van der Waals surface area contributed by atoms with Gasteiger partial charge in [-0.05, 0) is 35.9 Å². The van der Waals surface area contributed by atoms with E-state index in [4.69, 9.17) is 0 Å². The number of pyridine rings is 1. The second kappa shape index (κ2) is 8.09. The first kappa shape index (κ1) is 21.2. The van der Waals surface area contributed by atoms with Gasteiger partial charge in [0.05, 0.1) is 40.8 Å². The van der Waals surface area contributed by atoms with Crippen LogP contribution < -0.4 is 5.32 Å². The van der Waals surface area contributed by atoms with Crippen LogP contribution in [0.25, 0.3) is 0 Å². The van der Waals surface area contributed by atoms with E-state index >= 15 is 0 Å². The van der Waals surface area contributed by atoms with Crippen LogP contribution in [0.5, 0.6) is 0 Å². The van der Waals surface area contributed by atoms with Gasteiger partial charge in [0.25, 0.3) is 5.91 Å². The number of benzene rings is 1. The molecule has 156 valence electrons. The summed E-state index contributed by atoms with van der Waals surface area (Å²) in [5.41, 5.74) is -2.66. The summed E-state index contributed by atoms with van der Waals surface area (Å²) in [5, 5.41) is 9.41. The van der Waals surface area contributed by atoms with Crippen molar-refractivity contribution in [3.05, 3.63) is 89.0 Å². The van der Waals surface area contributed by atoms with E-state index in [0.717, 1.165) is 48.8 Å². The Morgan fingerprint density at radius 1 is 0.867 bits per heavy atom. The molecule has 1 unspecified atom stereocenters. The average molecular weight is 426 g/mol. The van der Waals surface area contributed by atoms with Crippen molar-refractivity contribution in [3.63, 3.8) is 0 Å². The topological polar surface area (TPSA) is 67.8 Å². The highest BCUT2D eigenvalue weighted by Crippen LogP contribution is 2.36. The fourth-order valence-electron chi connectivity index (χ4n) is 2.70. The van der Waals surface area contributed by atoms with Gasteiger partial charge in [0.2, 0.25) is 0 Å². The summed E-state index contributed by atoms with van der Waals surface area (Å²) in [5.74, 6) is -0.798. The number of nitrogens with zero attached hydrogens (tertiary/aromatic N) is 3. The van der Waals surface area contributed by atoms with Crippen molar-refractivity contribution in [2.75, 3.05) is 0 Å². The molecule has 0 saturated carbocycles. The summed E-state index contributed by atoms with van der Waals surface area (Å²) in [7, 11) is 0.